The lowest BCUT2D eigenvalue weighted by molar-refractivity contribution is -0.137. The van der Waals surface area contributed by atoms with Gasteiger partial charge in [0, 0.05) is 11.9 Å². The highest BCUT2D eigenvalue weighted by Crippen LogP contribution is 2.36. The summed E-state index contributed by atoms with van der Waals surface area (Å²) in [5, 5.41) is 2.06. The van der Waals surface area contributed by atoms with Crippen molar-refractivity contribution in [1.82, 2.24) is 4.98 Å². The topological polar surface area (TPSA) is 126 Å². The van der Waals surface area contributed by atoms with Crippen molar-refractivity contribution in [3.05, 3.63) is 77.4 Å². The van der Waals surface area contributed by atoms with Crippen LogP contribution < -0.4 is 14.3 Å². The van der Waals surface area contributed by atoms with E-state index < -0.39 is 49.9 Å². The molecule has 0 saturated heterocycles. The highest BCUT2D eigenvalue weighted by atomic mass is 35.5. The van der Waals surface area contributed by atoms with Gasteiger partial charge >= 0.3 is 6.18 Å². The number of nitrogens with one attached hydrogen (secondary N) is 2. The fourth-order valence-electron chi connectivity index (χ4n) is 2.93. The number of carbonyl (C=O) groups is 1. The summed E-state index contributed by atoms with van der Waals surface area (Å²) in [4.78, 5) is 16.3. The molecule has 0 radical (unpaired) electrons. The lowest BCUT2D eigenvalue weighted by atomic mass is 10.2. The van der Waals surface area contributed by atoms with Gasteiger partial charge in [0.1, 0.15) is 12.4 Å². The first-order chi connectivity index (χ1) is 16.7. The number of carbonyl (C=O) groups excluding carboxylic acids is 1. The van der Waals surface area contributed by atoms with E-state index in [0.29, 0.717) is 22.7 Å². The molecule has 0 saturated carbocycles. The Labute approximate surface area is 210 Å². The lowest BCUT2D eigenvalue weighted by Crippen LogP contribution is -2.37. The van der Waals surface area contributed by atoms with Gasteiger partial charge in [-0.1, -0.05) is 17.7 Å². The van der Waals surface area contributed by atoms with Crippen molar-refractivity contribution in [1.29, 1.82) is 0 Å². The number of amides is 1. The zero-order valence-corrected chi connectivity index (χ0v) is 20.7. The monoisotopic (exact) mass is 562 g/mol. The van der Waals surface area contributed by atoms with Gasteiger partial charge in [0.25, 0.3) is 10.0 Å². The first kappa shape index (κ1) is 27.2. The number of hydrogen-bond acceptors (Lipinski definition) is 6. The van der Waals surface area contributed by atoms with Crippen molar-refractivity contribution in [3.63, 3.8) is 0 Å². The van der Waals surface area contributed by atoms with Gasteiger partial charge in [0.05, 0.1) is 27.4 Å². The Balaban J connectivity index is 1.78. The maximum Gasteiger partial charge on any atom is 0.416 e. The second kappa shape index (κ2) is 10.3. The van der Waals surface area contributed by atoms with E-state index in [1.165, 1.54) is 36.5 Å². The Hall–Kier alpha value is -3.36. The van der Waals surface area contributed by atoms with Crippen LogP contribution in [0.5, 0.6) is 0 Å². The standard InChI is InChI=1S/C21H18ClF3N4O5S2/c1-35(31,32)29(18-12-14(21(23,24)25)5-10-17(18)22)13-20(30)27-15-6-8-16(9-7-15)36(33,34)28-19-4-2-3-11-26-19/h2-12H,13H2,1H3,(H,26,28)(H,27,30). The van der Waals surface area contributed by atoms with Gasteiger partial charge in [0.2, 0.25) is 15.9 Å². The average molecular weight is 563 g/mol. The molecule has 0 aliphatic rings. The second-order valence-electron chi connectivity index (χ2n) is 7.33. The summed E-state index contributed by atoms with van der Waals surface area (Å²) in [7, 11) is -8.19. The van der Waals surface area contributed by atoms with E-state index in [9.17, 15) is 34.8 Å². The van der Waals surface area contributed by atoms with E-state index in [0.717, 1.165) is 6.07 Å². The Bertz CT molecular complexity index is 1470. The molecule has 9 nitrogen and oxygen atoms in total. The molecule has 3 aromatic rings. The van der Waals surface area contributed by atoms with Crippen LogP contribution in [0.25, 0.3) is 0 Å². The van der Waals surface area contributed by atoms with Gasteiger partial charge in [0.15, 0.2) is 0 Å². The van der Waals surface area contributed by atoms with E-state index in [1.807, 2.05) is 0 Å². The molecule has 15 heteroatoms. The van der Waals surface area contributed by atoms with Gasteiger partial charge in [-0.15, -0.1) is 0 Å². The SMILES string of the molecule is CS(=O)(=O)N(CC(=O)Nc1ccc(S(=O)(=O)Nc2ccccn2)cc1)c1cc(C(F)(F)F)ccc1Cl. The van der Waals surface area contributed by atoms with Crippen LogP contribution in [0.3, 0.4) is 0 Å². The number of nitrogens with zero attached hydrogens (tertiary/aromatic N) is 2. The summed E-state index contributed by atoms with van der Waals surface area (Å²) >= 11 is 5.94. The van der Waals surface area contributed by atoms with E-state index in [1.54, 1.807) is 12.1 Å². The van der Waals surface area contributed by atoms with Gasteiger partial charge in [-0.25, -0.2) is 21.8 Å². The largest absolute Gasteiger partial charge is 0.416 e. The summed E-state index contributed by atoms with van der Waals surface area (Å²) in [6.45, 7) is -0.888. The van der Waals surface area contributed by atoms with Crippen molar-refractivity contribution >= 4 is 54.7 Å². The number of hydrogen-bond donors (Lipinski definition) is 2. The molecule has 3 rings (SSSR count). The van der Waals surface area contributed by atoms with E-state index in [-0.39, 0.29) is 21.4 Å². The minimum absolute atomic E-state index is 0.101. The molecule has 1 aromatic heterocycles. The molecular formula is C21H18ClF3N4O5S2. The highest BCUT2D eigenvalue weighted by molar-refractivity contribution is 7.92. The molecule has 36 heavy (non-hydrogen) atoms. The number of alkyl halides is 3. The van der Waals surface area contributed by atoms with Crippen molar-refractivity contribution < 1.29 is 34.8 Å². The molecule has 1 amide bonds. The molecule has 0 aliphatic carbocycles. The van der Waals surface area contributed by atoms with Crippen molar-refractivity contribution in [2.45, 2.75) is 11.1 Å². The molecule has 0 fully saturated rings. The van der Waals surface area contributed by atoms with E-state index >= 15 is 0 Å². The van der Waals surface area contributed by atoms with E-state index in [4.69, 9.17) is 11.6 Å². The summed E-state index contributed by atoms with van der Waals surface area (Å²) in [5.41, 5.74) is -1.56. The fraction of sp³-hybridized carbons (Fsp3) is 0.143. The van der Waals surface area contributed by atoms with Crippen LogP contribution in [0.15, 0.2) is 71.8 Å². The van der Waals surface area contributed by atoms with Crippen LogP contribution in [0.2, 0.25) is 5.02 Å². The maximum absolute atomic E-state index is 13.1. The summed E-state index contributed by atoms with van der Waals surface area (Å²) < 4.78 is 91.5. The third-order valence-corrected chi connectivity index (χ3v) is 7.40. The minimum Gasteiger partial charge on any atom is -0.325 e. The number of rotatable bonds is 8. The van der Waals surface area contributed by atoms with Crippen molar-refractivity contribution in [3.8, 4) is 0 Å². The molecular weight excluding hydrogens is 545 g/mol. The molecule has 1 heterocycles. The third-order valence-electron chi connectivity index (χ3n) is 4.58. The smallest absolute Gasteiger partial charge is 0.325 e. The van der Waals surface area contributed by atoms with E-state index in [2.05, 4.69) is 15.0 Å². The highest BCUT2D eigenvalue weighted by Gasteiger charge is 2.33. The molecule has 2 aromatic carbocycles. The predicted octanol–water partition coefficient (Wildman–Crippen LogP) is 3.96. The Morgan fingerprint density at radius 2 is 1.69 bits per heavy atom. The average Bonchev–Trinajstić information content (AvgIpc) is 2.77. The Morgan fingerprint density at radius 1 is 1.03 bits per heavy atom. The minimum atomic E-state index is -4.77. The molecule has 2 N–H and O–H groups in total. The zero-order valence-electron chi connectivity index (χ0n) is 18.3. The fourth-order valence-corrected chi connectivity index (χ4v) is 5.07. The predicted molar refractivity (Wildman–Crippen MR) is 129 cm³/mol. The third kappa shape index (κ3) is 6.86. The lowest BCUT2D eigenvalue weighted by Gasteiger charge is -2.24. The number of halogens is 4. The van der Waals surface area contributed by atoms with Crippen LogP contribution in [0, 0.1) is 0 Å². The Kier molecular flexibility index (Phi) is 7.81. The Morgan fingerprint density at radius 3 is 2.25 bits per heavy atom. The summed E-state index contributed by atoms with van der Waals surface area (Å²) in [5.74, 6) is -0.805. The summed E-state index contributed by atoms with van der Waals surface area (Å²) in [6.07, 6.45) is -2.65. The number of sulfonamides is 2. The number of anilines is 3. The van der Waals surface area contributed by atoms with Gasteiger partial charge < -0.3 is 5.32 Å². The number of aromatic nitrogens is 1. The van der Waals surface area contributed by atoms with Crippen LogP contribution >= 0.6 is 11.6 Å². The van der Waals surface area contributed by atoms with Gasteiger partial charge in [-0.2, -0.15) is 13.2 Å². The normalized spacial score (nSPS) is 12.1. The van der Waals surface area contributed by atoms with Crippen molar-refractivity contribution in [2.24, 2.45) is 0 Å². The quantitative estimate of drug-likeness (QED) is 0.428. The first-order valence-corrected chi connectivity index (χ1v) is 13.6. The van der Waals surface area contributed by atoms with Crippen LogP contribution in [0.1, 0.15) is 5.56 Å². The van der Waals surface area contributed by atoms with Gasteiger partial charge in [-0.3, -0.25) is 13.8 Å². The van der Waals surface area contributed by atoms with Gasteiger partial charge in [-0.05, 0) is 54.6 Å². The van der Waals surface area contributed by atoms with Crippen LogP contribution in [-0.4, -0.2) is 40.5 Å². The molecule has 0 aliphatic heterocycles. The number of benzene rings is 2. The molecule has 0 atom stereocenters. The molecule has 0 unspecified atom stereocenters. The number of pyridine rings is 1. The zero-order chi connectivity index (χ0) is 26.7. The molecule has 0 spiro atoms. The maximum atomic E-state index is 13.1. The van der Waals surface area contributed by atoms with Crippen LogP contribution in [-0.2, 0) is 31.0 Å². The molecule has 192 valence electrons. The molecule has 0 bridgehead atoms. The first-order valence-electron chi connectivity index (χ1n) is 9.85. The van der Waals surface area contributed by atoms with Crippen molar-refractivity contribution in [2.75, 3.05) is 27.1 Å². The summed E-state index contributed by atoms with van der Waals surface area (Å²) in [6, 6.07) is 11.7. The van der Waals surface area contributed by atoms with Crippen LogP contribution in [0.4, 0.5) is 30.4 Å². The second-order valence-corrected chi connectivity index (χ2v) is 11.3.